The lowest BCUT2D eigenvalue weighted by atomic mass is 9.98. The first-order valence-corrected chi connectivity index (χ1v) is 10.6. The molecule has 1 N–H and O–H groups in total. The summed E-state index contributed by atoms with van der Waals surface area (Å²) >= 11 is 0. The van der Waals surface area contributed by atoms with Gasteiger partial charge in [-0.25, -0.2) is 0 Å². The molecule has 3 nitrogen and oxygen atoms in total. The van der Waals surface area contributed by atoms with Crippen molar-refractivity contribution in [3.63, 3.8) is 0 Å². The van der Waals surface area contributed by atoms with Gasteiger partial charge < -0.3 is 9.84 Å². The standard InChI is InChI=1S/C24H35NO2/c1-3-5-6-7-8-9-10-13-18-27-20-16-17-23(25-19-20)21-14-11-12-15-22(21)24(26)4-2/h11-12,14-17,19,24,26H,3-10,13,18H2,1-2H3. The second-order valence-electron chi connectivity index (χ2n) is 7.21. The maximum Gasteiger partial charge on any atom is 0.137 e. The molecule has 0 aliphatic heterocycles. The van der Waals surface area contributed by atoms with Crippen molar-refractivity contribution in [1.29, 1.82) is 0 Å². The van der Waals surface area contributed by atoms with Crippen LogP contribution >= 0.6 is 0 Å². The molecule has 0 amide bonds. The number of ether oxygens (including phenoxy) is 1. The molecule has 2 rings (SSSR count). The van der Waals surface area contributed by atoms with Gasteiger partial charge in [0.2, 0.25) is 0 Å². The van der Waals surface area contributed by atoms with Gasteiger partial charge >= 0.3 is 0 Å². The molecular weight excluding hydrogens is 334 g/mol. The van der Waals surface area contributed by atoms with Crippen LogP contribution in [0.3, 0.4) is 0 Å². The number of hydrogen-bond donors (Lipinski definition) is 1. The molecular formula is C24H35NO2. The van der Waals surface area contributed by atoms with Gasteiger partial charge in [-0.3, -0.25) is 4.98 Å². The van der Waals surface area contributed by atoms with E-state index in [2.05, 4.69) is 11.9 Å². The number of nitrogens with zero attached hydrogens (tertiary/aromatic N) is 1. The second-order valence-corrected chi connectivity index (χ2v) is 7.21. The molecule has 0 aliphatic rings. The molecule has 0 saturated carbocycles. The molecule has 0 bridgehead atoms. The summed E-state index contributed by atoms with van der Waals surface area (Å²) in [6.07, 6.45) is 12.4. The fraction of sp³-hybridized carbons (Fsp3) is 0.542. The van der Waals surface area contributed by atoms with Gasteiger partial charge in [0, 0.05) is 5.56 Å². The molecule has 1 aromatic carbocycles. The summed E-state index contributed by atoms with van der Waals surface area (Å²) in [7, 11) is 0. The van der Waals surface area contributed by atoms with E-state index in [0.29, 0.717) is 6.42 Å². The molecule has 1 heterocycles. The van der Waals surface area contributed by atoms with E-state index in [9.17, 15) is 5.11 Å². The van der Waals surface area contributed by atoms with Gasteiger partial charge in [0.15, 0.2) is 0 Å². The Bertz CT molecular complexity index is 639. The summed E-state index contributed by atoms with van der Waals surface area (Å²) in [4.78, 5) is 4.55. The van der Waals surface area contributed by atoms with Crippen LogP contribution < -0.4 is 4.74 Å². The Kier molecular flexibility index (Phi) is 9.93. The van der Waals surface area contributed by atoms with Crippen LogP contribution in [-0.4, -0.2) is 16.7 Å². The zero-order chi connectivity index (χ0) is 19.3. The van der Waals surface area contributed by atoms with Crippen LogP contribution in [0.5, 0.6) is 5.75 Å². The zero-order valence-electron chi connectivity index (χ0n) is 17.0. The lowest BCUT2D eigenvalue weighted by Crippen LogP contribution is -2.00. The molecule has 0 spiro atoms. The summed E-state index contributed by atoms with van der Waals surface area (Å²) in [5.74, 6) is 0.815. The number of aromatic nitrogens is 1. The molecule has 3 heteroatoms. The number of rotatable bonds is 13. The Hall–Kier alpha value is -1.87. The van der Waals surface area contributed by atoms with Crippen LogP contribution in [0, 0.1) is 0 Å². The van der Waals surface area contributed by atoms with Crippen molar-refractivity contribution >= 4 is 0 Å². The number of benzene rings is 1. The maximum atomic E-state index is 10.2. The van der Waals surface area contributed by atoms with Crippen LogP contribution in [0.1, 0.15) is 83.3 Å². The maximum absolute atomic E-state index is 10.2. The predicted molar refractivity (Wildman–Crippen MR) is 113 cm³/mol. The van der Waals surface area contributed by atoms with Crippen molar-refractivity contribution in [2.75, 3.05) is 6.61 Å². The highest BCUT2D eigenvalue weighted by Gasteiger charge is 2.12. The normalized spacial score (nSPS) is 12.1. The van der Waals surface area contributed by atoms with Gasteiger partial charge in [-0.15, -0.1) is 0 Å². The minimum atomic E-state index is -0.458. The average molecular weight is 370 g/mol. The Morgan fingerprint density at radius 2 is 1.59 bits per heavy atom. The molecule has 27 heavy (non-hydrogen) atoms. The van der Waals surface area contributed by atoms with Crippen molar-refractivity contribution in [3.05, 3.63) is 48.2 Å². The third kappa shape index (κ3) is 7.34. The molecule has 148 valence electrons. The van der Waals surface area contributed by atoms with E-state index in [1.807, 2.05) is 43.3 Å². The summed E-state index contributed by atoms with van der Waals surface area (Å²) in [6, 6.07) is 11.9. The molecule has 0 fully saturated rings. The Labute approximate surface area is 164 Å². The van der Waals surface area contributed by atoms with E-state index in [-0.39, 0.29) is 0 Å². The van der Waals surface area contributed by atoms with Crippen molar-refractivity contribution in [2.24, 2.45) is 0 Å². The second kappa shape index (κ2) is 12.5. The summed E-state index contributed by atoms with van der Waals surface area (Å²) in [5, 5.41) is 10.2. The van der Waals surface area contributed by atoms with Gasteiger partial charge in [0.1, 0.15) is 5.75 Å². The summed E-state index contributed by atoms with van der Waals surface area (Å²) in [5.41, 5.74) is 2.79. The third-order valence-corrected chi connectivity index (χ3v) is 4.99. The van der Waals surface area contributed by atoms with Crippen LogP contribution in [0.4, 0.5) is 0 Å². The fourth-order valence-corrected chi connectivity index (χ4v) is 3.29. The van der Waals surface area contributed by atoms with Gasteiger partial charge in [-0.1, -0.05) is 83.1 Å². The van der Waals surface area contributed by atoms with E-state index in [1.54, 1.807) is 6.20 Å². The first kappa shape index (κ1) is 21.4. The smallest absolute Gasteiger partial charge is 0.137 e. The van der Waals surface area contributed by atoms with E-state index in [1.165, 1.54) is 44.9 Å². The highest BCUT2D eigenvalue weighted by Crippen LogP contribution is 2.29. The van der Waals surface area contributed by atoms with Gasteiger partial charge in [0.05, 0.1) is 24.6 Å². The third-order valence-electron chi connectivity index (χ3n) is 4.99. The zero-order valence-corrected chi connectivity index (χ0v) is 17.0. The Balaban J connectivity index is 1.76. The number of pyridine rings is 1. The molecule has 0 radical (unpaired) electrons. The van der Waals surface area contributed by atoms with E-state index < -0.39 is 6.10 Å². The highest BCUT2D eigenvalue weighted by molar-refractivity contribution is 5.64. The Morgan fingerprint density at radius 1 is 0.889 bits per heavy atom. The highest BCUT2D eigenvalue weighted by atomic mass is 16.5. The molecule has 0 aliphatic carbocycles. The van der Waals surface area contributed by atoms with Crippen molar-refractivity contribution in [1.82, 2.24) is 4.98 Å². The largest absolute Gasteiger partial charge is 0.492 e. The number of unbranched alkanes of at least 4 members (excludes halogenated alkanes) is 7. The summed E-state index contributed by atoms with van der Waals surface area (Å²) < 4.78 is 5.83. The first-order chi connectivity index (χ1) is 13.3. The molecule has 1 aromatic heterocycles. The lowest BCUT2D eigenvalue weighted by molar-refractivity contribution is 0.174. The molecule has 2 aromatic rings. The summed E-state index contributed by atoms with van der Waals surface area (Å²) in [6.45, 7) is 4.99. The minimum absolute atomic E-state index is 0.458. The topological polar surface area (TPSA) is 42.4 Å². The monoisotopic (exact) mass is 369 g/mol. The molecule has 0 saturated heterocycles. The fourth-order valence-electron chi connectivity index (χ4n) is 3.29. The lowest BCUT2D eigenvalue weighted by Gasteiger charge is -2.14. The van der Waals surface area contributed by atoms with E-state index >= 15 is 0 Å². The van der Waals surface area contributed by atoms with Gasteiger partial charge in [-0.2, -0.15) is 0 Å². The molecule has 1 atom stereocenters. The van der Waals surface area contributed by atoms with Crippen LogP contribution in [0.2, 0.25) is 0 Å². The quantitative estimate of drug-likeness (QED) is 0.399. The number of aliphatic hydroxyl groups excluding tert-OH is 1. The van der Waals surface area contributed by atoms with Crippen LogP contribution in [-0.2, 0) is 0 Å². The van der Waals surface area contributed by atoms with Crippen LogP contribution in [0.25, 0.3) is 11.3 Å². The number of aliphatic hydroxyl groups is 1. The van der Waals surface area contributed by atoms with Crippen molar-refractivity contribution < 1.29 is 9.84 Å². The molecule has 1 unspecified atom stereocenters. The van der Waals surface area contributed by atoms with Crippen molar-refractivity contribution in [2.45, 2.75) is 77.7 Å². The first-order valence-electron chi connectivity index (χ1n) is 10.6. The van der Waals surface area contributed by atoms with Crippen LogP contribution in [0.15, 0.2) is 42.6 Å². The Morgan fingerprint density at radius 3 is 2.26 bits per heavy atom. The van der Waals surface area contributed by atoms with E-state index in [0.717, 1.165) is 35.6 Å². The van der Waals surface area contributed by atoms with Gasteiger partial charge in [-0.05, 0) is 30.5 Å². The SMILES string of the molecule is CCCCCCCCCCOc1ccc(-c2ccccc2C(O)CC)nc1. The predicted octanol–water partition coefficient (Wildman–Crippen LogP) is 6.71. The van der Waals surface area contributed by atoms with Gasteiger partial charge in [0.25, 0.3) is 0 Å². The van der Waals surface area contributed by atoms with E-state index in [4.69, 9.17) is 4.74 Å². The average Bonchev–Trinajstić information content (AvgIpc) is 2.72. The van der Waals surface area contributed by atoms with Crippen molar-refractivity contribution in [3.8, 4) is 17.0 Å². The number of hydrogen-bond acceptors (Lipinski definition) is 3. The minimum Gasteiger partial charge on any atom is -0.492 e.